The van der Waals surface area contributed by atoms with E-state index >= 15 is 0 Å². The zero-order valence-corrected chi connectivity index (χ0v) is 12.7. The largest absolute Gasteiger partial charge is 0.351 e. The Kier molecular flexibility index (Phi) is 4.81. The van der Waals surface area contributed by atoms with Crippen molar-refractivity contribution in [1.29, 1.82) is 0 Å². The molecule has 20 heavy (non-hydrogen) atoms. The Bertz CT molecular complexity index is 456. The van der Waals surface area contributed by atoms with E-state index in [1.807, 2.05) is 26.0 Å². The van der Waals surface area contributed by atoms with E-state index in [1.165, 1.54) is 19.3 Å². The highest BCUT2D eigenvalue weighted by Crippen LogP contribution is 2.34. The second kappa shape index (κ2) is 6.40. The number of hydrogen-bond donors (Lipinski definition) is 2. The normalized spacial score (nSPS) is 17.8. The van der Waals surface area contributed by atoms with E-state index in [0.29, 0.717) is 13.1 Å². The molecule has 1 aliphatic rings. The van der Waals surface area contributed by atoms with E-state index < -0.39 is 0 Å². The molecule has 3 N–H and O–H groups in total. The predicted octanol–water partition coefficient (Wildman–Crippen LogP) is 2.94. The van der Waals surface area contributed by atoms with Crippen LogP contribution in [0.4, 0.5) is 0 Å². The first-order valence-corrected chi connectivity index (χ1v) is 7.61. The Hall–Kier alpha value is -1.35. The number of carbonyl (C=O) groups is 1. The molecule has 0 bridgehead atoms. The van der Waals surface area contributed by atoms with Gasteiger partial charge in [0.1, 0.15) is 0 Å². The van der Waals surface area contributed by atoms with Gasteiger partial charge in [-0.3, -0.25) is 4.79 Å². The second-order valence-corrected chi connectivity index (χ2v) is 6.32. The standard InChI is InChI=1S/C17H26N2O/c1-13-8-14(2)10-15(9-13)16(20)19-12-17(11-18)6-4-3-5-7-17/h8-10H,3-7,11-12,18H2,1-2H3,(H,19,20). The number of nitrogens with two attached hydrogens (primary N) is 1. The van der Waals surface area contributed by atoms with Gasteiger partial charge in [-0.1, -0.05) is 36.5 Å². The topological polar surface area (TPSA) is 55.1 Å². The van der Waals surface area contributed by atoms with Crippen LogP contribution in [0.5, 0.6) is 0 Å². The van der Waals surface area contributed by atoms with Gasteiger partial charge in [-0.05, 0) is 50.8 Å². The molecule has 3 nitrogen and oxygen atoms in total. The van der Waals surface area contributed by atoms with Crippen molar-refractivity contribution in [1.82, 2.24) is 5.32 Å². The number of rotatable bonds is 4. The molecule has 3 heteroatoms. The van der Waals surface area contributed by atoms with Crippen LogP contribution in [0.3, 0.4) is 0 Å². The summed E-state index contributed by atoms with van der Waals surface area (Å²) in [4.78, 5) is 12.3. The molecule has 0 atom stereocenters. The molecule has 0 spiro atoms. The highest BCUT2D eigenvalue weighted by Gasteiger charge is 2.30. The summed E-state index contributed by atoms with van der Waals surface area (Å²) in [7, 11) is 0. The number of carbonyl (C=O) groups excluding carboxylic acids is 1. The van der Waals surface area contributed by atoms with E-state index in [9.17, 15) is 4.79 Å². The van der Waals surface area contributed by atoms with Gasteiger partial charge in [0.15, 0.2) is 0 Å². The minimum atomic E-state index is 0.0233. The summed E-state index contributed by atoms with van der Waals surface area (Å²) in [6.45, 7) is 5.41. The summed E-state index contributed by atoms with van der Waals surface area (Å²) in [5, 5.41) is 3.10. The third kappa shape index (κ3) is 3.60. The number of nitrogens with one attached hydrogen (secondary N) is 1. The molecule has 1 saturated carbocycles. The van der Waals surface area contributed by atoms with Crippen LogP contribution in [-0.4, -0.2) is 19.0 Å². The van der Waals surface area contributed by atoms with Crippen molar-refractivity contribution in [3.63, 3.8) is 0 Å². The smallest absolute Gasteiger partial charge is 0.251 e. The van der Waals surface area contributed by atoms with E-state index in [2.05, 4.69) is 11.4 Å². The molecule has 2 rings (SSSR count). The van der Waals surface area contributed by atoms with E-state index in [4.69, 9.17) is 5.73 Å². The van der Waals surface area contributed by atoms with Crippen LogP contribution in [0.25, 0.3) is 0 Å². The van der Waals surface area contributed by atoms with Gasteiger partial charge >= 0.3 is 0 Å². The van der Waals surface area contributed by atoms with Crippen molar-refractivity contribution in [3.05, 3.63) is 34.9 Å². The molecule has 0 saturated heterocycles. The monoisotopic (exact) mass is 274 g/mol. The lowest BCUT2D eigenvalue weighted by Crippen LogP contribution is -2.43. The van der Waals surface area contributed by atoms with Gasteiger partial charge in [0, 0.05) is 12.1 Å². The first kappa shape index (κ1) is 15.0. The maximum Gasteiger partial charge on any atom is 0.251 e. The number of hydrogen-bond acceptors (Lipinski definition) is 2. The van der Waals surface area contributed by atoms with Gasteiger partial charge in [-0.2, -0.15) is 0 Å². The second-order valence-electron chi connectivity index (χ2n) is 6.32. The van der Waals surface area contributed by atoms with Crippen molar-refractivity contribution >= 4 is 5.91 Å². The lowest BCUT2D eigenvalue weighted by Gasteiger charge is -2.36. The van der Waals surface area contributed by atoms with Gasteiger partial charge in [0.25, 0.3) is 5.91 Å². The summed E-state index contributed by atoms with van der Waals surface area (Å²) in [5.74, 6) is 0.0233. The van der Waals surface area contributed by atoms with Gasteiger partial charge in [-0.15, -0.1) is 0 Å². The summed E-state index contributed by atoms with van der Waals surface area (Å²) in [5.41, 5.74) is 9.09. The minimum Gasteiger partial charge on any atom is -0.351 e. The Labute approximate surface area is 121 Å². The number of aryl methyl sites for hydroxylation is 2. The maximum atomic E-state index is 12.3. The molecule has 0 radical (unpaired) electrons. The van der Waals surface area contributed by atoms with E-state index in [-0.39, 0.29) is 11.3 Å². The Morgan fingerprint density at radius 2 is 1.75 bits per heavy atom. The molecular formula is C17H26N2O. The van der Waals surface area contributed by atoms with Crippen LogP contribution < -0.4 is 11.1 Å². The molecule has 0 unspecified atom stereocenters. The van der Waals surface area contributed by atoms with E-state index in [1.54, 1.807) is 0 Å². The highest BCUT2D eigenvalue weighted by molar-refractivity contribution is 5.94. The SMILES string of the molecule is Cc1cc(C)cc(C(=O)NCC2(CN)CCCCC2)c1. The number of benzene rings is 1. The first-order valence-electron chi connectivity index (χ1n) is 7.61. The molecule has 0 aromatic heterocycles. The average Bonchev–Trinajstić information content (AvgIpc) is 2.45. The molecule has 1 aromatic carbocycles. The highest BCUT2D eigenvalue weighted by atomic mass is 16.1. The van der Waals surface area contributed by atoms with Gasteiger partial charge in [-0.25, -0.2) is 0 Å². The molecule has 0 aliphatic heterocycles. The van der Waals surface area contributed by atoms with Crippen LogP contribution in [0.15, 0.2) is 18.2 Å². The molecule has 1 aliphatic carbocycles. The zero-order valence-electron chi connectivity index (χ0n) is 12.7. The molecular weight excluding hydrogens is 248 g/mol. The first-order chi connectivity index (χ1) is 9.54. The summed E-state index contributed by atoms with van der Waals surface area (Å²) in [6, 6.07) is 5.97. The zero-order chi connectivity index (χ0) is 14.6. The van der Waals surface area contributed by atoms with Crippen molar-refractivity contribution in [2.24, 2.45) is 11.1 Å². The number of amides is 1. The van der Waals surface area contributed by atoms with Crippen LogP contribution in [0, 0.1) is 19.3 Å². The van der Waals surface area contributed by atoms with Crippen LogP contribution >= 0.6 is 0 Å². The fourth-order valence-corrected chi connectivity index (χ4v) is 3.23. The Balaban J connectivity index is 2.00. The van der Waals surface area contributed by atoms with Crippen molar-refractivity contribution < 1.29 is 4.79 Å². The molecule has 1 amide bonds. The predicted molar refractivity (Wildman–Crippen MR) is 82.8 cm³/mol. The van der Waals surface area contributed by atoms with E-state index in [0.717, 1.165) is 29.5 Å². The minimum absolute atomic E-state index is 0.0233. The average molecular weight is 274 g/mol. The fraction of sp³-hybridized carbons (Fsp3) is 0.588. The Morgan fingerprint density at radius 3 is 2.30 bits per heavy atom. The maximum absolute atomic E-state index is 12.3. The summed E-state index contributed by atoms with van der Waals surface area (Å²) >= 11 is 0. The third-order valence-electron chi connectivity index (χ3n) is 4.46. The molecule has 0 heterocycles. The van der Waals surface area contributed by atoms with Crippen LogP contribution in [-0.2, 0) is 0 Å². The van der Waals surface area contributed by atoms with Crippen LogP contribution in [0.1, 0.15) is 53.6 Å². The third-order valence-corrected chi connectivity index (χ3v) is 4.46. The van der Waals surface area contributed by atoms with Crippen molar-refractivity contribution in [2.45, 2.75) is 46.0 Å². The molecule has 110 valence electrons. The lowest BCUT2D eigenvalue weighted by molar-refractivity contribution is 0.0914. The Morgan fingerprint density at radius 1 is 1.15 bits per heavy atom. The van der Waals surface area contributed by atoms with Crippen LogP contribution in [0.2, 0.25) is 0 Å². The lowest BCUT2D eigenvalue weighted by atomic mass is 9.74. The van der Waals surface area contributed by atoms with Crippen molar-refractivity contribution in [3.8, 4) is 0 Å². The summed E-state index contributed by atoms with van der Waals surface area (Å²) < 4.78 is 0. The molecule has 1 aromatic rings. The van der Waals surface area contributed by atoms with Crippen molar-refractivity contribution in [2.75, 3.05) is 13.1 Å². The quantitative estimate of drug-likeness (QED) is 0.887. The molecule has 1 fully saturated rings. The van der Waals surface area contributed by atoms with Gasteiger partial charge < -0.3 is 11.1 Å². The fourth-order valence-electron chi connectivity index (χ4n) is 3.23. The van der Waals surface area contributed by atoms with Gasteiger partial charge in [0.2, 0.25) is 0 Å². The van der Waals surface area contributed by atoms with Gasteiger partial charge in [0.05, 0.1) is 0 Å². The summed E-state index contributed by atoms with van der Waals surface area (Å²) in [6.07, 6.45) is 6.03.